The van der Waals surface area contributed by atoms with Crippen LogP contribution in [0, 0.1) is 3.57 Å². The van der Waals surface area contributed by atoms with Crippen LogP contribution in [0.3, 0.4) is 0 Å². The van der Waals surface area contributed by atoms with E-state index in [1.54, 1.807) is 13.2 Å². The number of hydrogen-bond donors (Lipinski definition) is 1. The first-order valence-corrected chi connectivity index (χ1v) is 8.22. The molecule has 0 aromatic heterocycles. The maximum atomic E-state index is 12.0. The van der Waals surface area contributed by atoms with E-state index < -0.39 is 11.7 Å². The Bertz CT molecular complexity index is 710. The molecule has 0 aliphatic rings. The zero-order chi connectivity index (χ0) is 17.0. The first kappa shape index (κ1) is 17.8. The number of carbonyl (C=O) groups excluding carboxylic acids is 1. The van der Waals surface area contributed by atoms with Crippen molar-refractivity contribution in [2.45, 2.75) is 26.4 Å². The summed E-state index contributed by atoms with van der Waals surface area (Å²) >= 11 is 2.21. The smallest absolute Gasteiger partial charge is 0.412 e. The Labute approximate surface area is 149 Å². The van der Waals surface area contributed by atoms with E-state index in [1.807, 2.05) is 45.0 Å². The predicted octanol–water partition coefficient (Wildman–Crippen LogP) is 4.77. The number of fused-ring (bicyclic) bond motifs is 1. The van der Waals surface area contributed by atoms with Crippen molar-refractivity contribution in [2.24, 2.45) is 0 Å². The highest BCUT2D eigenvalue weighted by Gasteiger charge is 2.18. The molecule has 0 atom stereocenters. The molecule has 5 nitrogen and oxygen atoms in total. The first-order chi connectivity index (χ1) is 10.8. The molecule has 23 heavy (non-hydrogen) atoms. The van der Waals surface area contributed by atoms with Gasteiger partial charge in [-0.25, -0.2) is 4.79 Å². The van der Waals surface area contributed by atoms with Gasteiger partial charge in [0, 0.05) is 27.5 Å². The lowest BCUT2D eigenvalue weighted by Gasteiger charge is -2.20. The molecule has 0 saturated heterocycles. The van der Waals surface area contributed by atoms with Crippen molar-refractivity contribution in [2.75, 3.05) is 19.2 Å². The number of rotatable bonds is 4. The minimum atomic E-state index is -0.554. The molecule has 2 rings (SSSR count). The third-order valence-electron chi connectivity index (χ3n) is 2.91. The maximum Gasteiger partial charge on any atom is 0.412 e. The third-order valence-corrected chi connectivity index (χ3v) is 4.07. The molecular weight excluding hydrogens is 409 g/mol. The van der Waals surface area contributed by atoms with Gasteiger partial charge in [0.1, 0.15) is 11.4 Å². The molecule has 2 aromatic carbocycles. The molecule has 124 valence electrons. The molecule has 0 aliphatic heterocycles. The van der Waals surface area contributed by atoms with Gasteiger partial charge in [0.2, 0.25) is 0 Å². The highest BCUT2D eigenvalue weighted by atomic mass is 127. The van der Waals surface area contributed by atoms with Gasteiger partial charge < -0.3 is 14.2 Å². The van der Waals surface area contributed by atoms with E-state index in [9.17, 15) is 4.79 Å². The summed E-state index contributed by atoms with van der Waals surface area (Å²) in [4.78, 5) is 12.0. The SMILES string of the molecule is COCOc1cc(NC(=O)OC(C)(C)C)c(I)c2ccccc12. The van der Waals surface area contributed by atoms with Crippen molar-refractivity contribution in [3.63, 3.8) is 0 Å². The standard InChI is InChI=1S/C17H20INO4/c1-17(2,3)23-16(20)19-13-9-14(22-10-21-4)11-7-5-6-8-12(11)15(13)18/h5-9H,10H2,1-4H3,(H,19,20). The maximum absolute atomic E-state index is 12.0. The summed E-state index contributed by atoms with van der Waals surface area (Å²) in [6.45, 7) is 5.61. The Morgan fingerprint density at radius 2 is 1.87 bits per heavy atom. The lowest BCUT2D eigenvalue weighted by atomic mass is 10.1. The Hall–Kier alpha value is -1.54. The molecule has 0 bridgehead atoms. The fourth-order valence-corrected chi connectivity index (χ4v) is 2.81. The molecule has 1 amide bonds. The Kier molecular flexibility index (Phi) is 5.69. The molecule has 1 N–H and O–H groups in total. The first-order valence-electron chi connectivity index (χ1n) is 7.15. The average molecular weight is 429 g/mol. The minimum Gasteiger partial charge on any atom is -0.467 e. The number of halogens is 1. The van der Waals surface area contributed by atoms with Crippen molar-refractivity contribution in [3.05, 3.63) is 33.9 Å². The summed E-state index contributed by atoms with van der Waals surface area (Å²) in [5.74, 6) is 0.647. The van der Waals surface area contributed by atoms with Gasteiger partial charge in [0.05, 0.1) is 5.69 Å². The van der Waals surface area contributed by atoms with Gasteiger partial charge >= 0.3 is 6.09 Å². The topological polar surface area (TPSA) is 56.8 Å². The van der Waals surface area contributed by atoms with E-state index in [0.29, 0.717) is 11.4 Å². The monoisotopic (exact) mass is 429 g/mol. The molecular formula is C17H20INO4. The van der Waals surface area contributed by atoms with Crippen molar-refractivity contribution < 1.29 is 19.0 Å². The summed E-state index contributed by atoms with van der Waals surface area (Å²) < 4.78 is 16.8. The van der Waals surface area contributed by atoms with Crippen LogP contribution in [0.1, 0.15) is 20.8 Å². The molecule has 0 unspecified atom stereocenters. The quantitative estimate of drug-likeness (QED) is 0.562. The van der Waals surface area contributed by atoms with Gasteiger partial charge in [-0.2, -0.15) is 0 Å². The number of nitrogens with one attached hydrogen (secondary N) is 1. The second kappa shape index (κ2) is 7.35. The average Bonchev–Trinajstić information content (AvgIpc) is 2.47. The Balaban J connectivity index is 2.39. The summed E-state index contributed by atoms with van der Waals surface area (Å²) in [7, 11) is 1.56. The largest absolute Gasteiger partial charge is 0.467 e. The molecule has 0 radical (unpaired) electrons. The summed E-state index contributed by atoms with van der Waals surface area (Å²) in [5.41, 5.74) is 0.0894. The zero-order valence-corrected chi connectivity index (χ0v) is 15.8. The third kappa shape index (κ3) is 4.71. The lowest BCUT2D eigenvalue weighted by molar-refractivity contribution is 0.0522. The van der Waals surface area contributed by atoms with Gasteiger partial charge in [-0.1, -0.05) is 24.3 Å². The lowest BCUT2D eigenvalue weighted by Crippen LogP contribution is -2.27. The number of amides is 1. The van der Waals surface area contributed by atoms with E-state index in [4.69, 9.17) is 14.2 Å². The highest BCUT2D eigenvalue weighted by molar-refractivity contribution is 14.1. The van der Waals surface area contributed by atoms with Crippen molar-refractivity contribution in [1.29, 1.82) is 0 Å². The zero-order valence-electron chi connectivity index (χ0n) is 13.6. The number of benzene rings is 2. The molecule has 0 aliphatic carbocycles. The van der Waals surface area contributed by atoms with Gasteiger partial charge in [-0.05, 0) is 43.4 Å². The van der Waals surface area contributed by atoms with Gasteiger partial charge in [-0.15, -0.1) is 0 Å². The van der Waals surface area contributed by atoms with Crippen LogP contribution in [0.4, 0.5) is 10.5 Å². The minimum absolute atomic E-state index is 0.135. The summed E-state index contributed by atoms with van der Waals surface area (Å²) in [5, 5.41) is 4.74. The van der Waals surface area contributed by atoms with Crippen LogP contribution in [0.25, 0.3) is 10.8 Å². The molecule has 0 heterocycles. The predicted molar refractivity (Wildman–Crippen MR) is 99.0 cm³/mol. The van der Waals surface area contributed by atoms with Crippen molar-refractivity contribution >= 4 is 45.1 Å². The summed E-state index contributed by atoms with van der Waals surface area (Å²) in [6, 6.07) is 9.63. The van der Waals surface area contributed by atoms with Gasteiger partial charge in [0.25, 0.3) is 0 Å². The number of hydrogen-bond acceptors (Lipinski definition) is 4. The van der Waals surface area contributed by atoms with E-state index in [-0.39, 0.29) is 6.79 Å². The normalized spacial score (nSPS) is 11.3. The van der Waals surface area contributed by atoms with Crippen LogP contribution >= 0.6 is 22.6 Å². The summed E-state index contributed by atoms with van der Waals surface area (Å²) in [6.07, 6.45) is -0.497. The number of methoxy groups -OCH3 is 1. The van der Waals surface area contributed by atoms with Crippen LogP contribution < -0.4 is 10.1 Å². The molecule has 6 heteroatoms. The Morgan fingerprint density at radius 1 is 1.22 bits per heavy atom. The van der Waals surface area contributed by atoms with E-state index in [1.165, 1.54) is 0 Å². The molecule has 0 fully saturated rings. The van der Waals surface area contributed by atoms with Crippen LogP contribution in [-0.4, -0.2) is 25.6 Å². The van der Waals surface area contributed by atoms with E-state index in [2.05, 4.69) is 27.9 Å². The van der Waals surface area contributed by atoms with Gasteiger partial charge in [-0.3, -0.25) is 5.32 Å². The van der Waals surface area contributed by atoms with Crippen LogP contribution in [0.2, 0.25) is 0 Å². The molecule has 0 saturated carbocycles. The van der Waals surface area contributed by atoms with E-state index in [0.717, 1.165) is 14.3 Å². The molecule has 0 spiro atoms. The van der Waals surface area contributed by atoms with Crippen LogP contribution in [0.15, 0.2) is 30.3 Å². The van der Waals surface area contributed by atoms with Crippen molar-refractivity contribution in [1.82, 2.24) is 0 Å². The fraction of sp³-hybridized carbons (Fsp3) is 0.353. The van der Waals surface area contributed by atoms with Crippen molar-refractivity contribution in [3.8, 4) is 5.75 Å². The van der Waals surface area contributed by atoms with Gasteiger partial charge in [0.15, 0.2) is 6.79 Å². The number of carbonyl (C=O) groups is 1. The Morgan fingerprint density at radius 3 is 2.48 bits per heavy atom. The molecule has 2 aromatic rings. The number of ether oxygens (including phenoxy) is 3. The second-order valence-corrected chi connectivity index (χ2v) is 7.04. The fourth-order valence-electron chi connectivity index (χ4n) is 2.05. The van der Waals surface area contributed by atoms with E-state index >= 15 is 0 Å². The van der Waals surface area contributed by atoms with Crippen LogP contribution in [0.5, 0.6) is 5.75 Å². The highest BCUT2D eigenvalue weighted by Crippen LogP contribution is 2.35. The number of anilines is 1. The second-order valence-electron chi connectivity index (χ2n) is 5.96. The van der Waals surface area contributed by atoms with Crippen LogP contribution in [-0.2, 0) is 9.47 Å².